The zero-order valence-electron chi connectivity index (χ0n) is 31.6. The molecule has 3 aromatic rings. The van der Waals surface area contributed by atoms with Crippen molar-refractivity contribution in [2.75, 3.05) is 39.3 Å². The van der Waals surface area contributed by atoms with Crippen LogP contribution in [0.5, 0.6) is 0 Å². The molecule has 5 rings (SSSR count). The summed E-state index contributed by atoms with van der Waals surface area (Å²) in [5.74, 6) is -1.22. The fourth-order valence-electron chi connectivity index (χ4n) is 7.48. The van der Waals surface area contributed by atoms with Gasteiger partial charge in [-0.25, -0.2) is 14.0 Å². The van der Waals surface area contributed by atoms with Crippen LogP contribution in [0.4, 0.5) is 9.18 Å². The standard InChI is InChI=1S/C41H51ClFN5O5/c1-7-45(8-2)38(51)41(6,32-15-11-12-16-33(32)43)47-23-21-46(22-24-47)37(50)34(25-28-17-19-30(42)20-18-28)44-36(49)26-35-31-14-10-9-13-29(31)27-48(35)39(52)53-40(3,4)5/h9-20,34-35H,7-8,21-27H2,1-6H3,(H,44,49)/p+1/t34-,35?,41?/m1/s1. The molecule has 1 fully saturated rings. The number of likely N-dealkylation sites (N-methyl/N-ethyl adjacent to an activating group) is 1. The average Bonchev–Trinajstić information content (AvgIpc) is 3.50. The van der Waals surface area contributed by atoms with Gasteiger partial charge in [-0.1, -0.05) is 66.2 Å². The van der Waals surface area contributed by atoms with Crippen molar-refractivity contribution < 1.29 is 33.2 Å². The van der Waals surface area contributed by atoms with Crippen LogP contribution in [0.3, 0.4) is 0 Å². The first-order valence-corrected chi connectivity index (χ1v) is 18.8. The van der Waals surface area contributed by atoms with E-state index in [1.165, 1.54) is 6.07 Å². The fraction of sp³-hybridized carbons (Fsp3) is 0.463. The molecule has 4 amide bonds. The first-order chi connectivity index (χ1) is 25.2. The van der Waals surface area contributed by atoms with Gasteiger partial charge in [0.2, 0.25) is 11.8 Å². The molecule has 2 N–H and O–H groups in total. The molecule has 2 heterocycles. The largest absolute Gasteiger partial charge is 0.444 e. The number of amides is 4. The summed E-state index contributed by atoms with van der Waals surface area (Å²) in [5.41, 5.74) is 0.955. The highest BCUT2D eigenvalue weighted by atomic mass is 35.5. The summed E-state index contributed by atoms with van der Waals surface area (Å²) < 4.78 is 21.1. The molecule has 3 aromatic carbocycles. The second-order valence-electron chi connectivity index (χ2n) is 15.0. The molecular formula is C41H52ClFN5O5+. The molecule has 53 heavy (non-hydrogen) atoms. The van der Waals surface area contributed by atoms with Gasteiger partial charge in [-0.2, -0.15) is 0 Å². The van der Waals surface area contributed by atoms with Crippen molar-refractivity contribution in [3.63, 3.8) is 0 Å². The van der Waals surface area contributed by atoms with Crippen LogP contribution >= 0.6 is 11.6 Å². The Balaban J connectivity index is 1.36. The monoisotopic (exact) mass is 748 g/mol. The molecule has 0 saturated carbocycles. The minimum absolute atomic E-state index is 0.0643. The van der Waals surface area contributed by atoms with Crippen molar-refractivity contribution in [2.45, 2.75) is 84.2 Å². The predicted molar refractivity (Wildman–Crippen MR) is 202 cm³/mol. The number of fused-ring (bicyclic) bond motifs is 1. The Morgan fingerprint density at radius 2 is 1.53 bits per heavy atom. The minimum Gasteiger partial charge on any atom is -0.444 e. The first-order valence-electron chi connectivity index (χ1n) is 18.5. The van der Waals surface area contributed by atoms with Crippen molar-refractivity contribution in [3.05, 3.63) is 106 Å². The highest BCUT2D eigenvalue weighted by Crippen LogP contribution is 2.37. The third-order valence-electron chi connectivity index (χ3n) is 10.4. The van der Waals surface area contributed by atoms with E-state index in [9.17, 15) is 19.2 Å². The van der Waals surface area contributed by atoms with Crippen LogP contribution in [0.25, 0.3) is 0 Å². The van der Waals surface area contributed by atoms with Gasteiger partial charge in [0, 0.05) is 49.7 Å². The molecule has 0 spiro atoms. The molecule has 3 atom stereocenters. The lowest BCUT2D eigenvalue weighted by Crippen LogP contribution is -3.16. The van der Waals surface area contributed by atoms with Gasteiger partial charge in [0.05, 0.1) is 25.6 Å². The number of rotatable bonds is 11. The van der Waals surface area contributed by atoms with Crippen molar-refractivity contribution in [1.82, 2.24) is 20.0 Å². The number of nitrogens with zero attached hydrogens (tertiary/aromatic N) is 3. The minimum atomic E-state index is -1.25. The maximum atomic E-state index is 15.4. The zero-order valence-corrected chi connectivity index (χ0v) is 32.3. The lowest BCUT2D eigenvalue weighted by molar-refractivity contribution is -0.819. The lowest BCUT2D eigenvalue weighted by Gasteiger charge is -2.45. The van der Waals surface area contributed by atoms with E-state index in [2.05, 4.69) is 5.32 Å². The molecular weight excluding hydrogens is 697 g/mol. The van der Waals surface area contributed by atoms with Gasteiger partial charge in [0.25, 0.3) is 0 Å². The Hall–Kier alpha value is -4.32. The van der Waals surface area contributed by atoms with Gasteiger partial charge in [-0.15, -0.1) is 0 Å². The number of piperazine rings is 1. The third-order valence-corrected chi connectivity index (χ3v) is 10.6. The molecule has 0 aromatic heterocycles. The van der Waals surface area contributed by atoms with Crippen molar-refractivity contribution in [3.8, 4) is 0 Å². The van der Waals surface area contributed by atoms with Crippen LogP contribution in [0.1, 0.15) is 76.3 Å². The number of carbonyl (C=O) groups is 4. The van der Waals surface area contributed by atoms with E-state index in [0.717, 1.165) is 21.6 Å². The topological polar surface area (TPSA) is 104 Å². The first kappa shape index (κ1) is 39.9. The molecule has 284 valence electrons. The van der Waals surface area contributed by atoms with E-state index >= 15 is 4.39 Å². The van der Waals surface area contributed by atoms with E-state index in [1.54, 1.807) is 67.8 Å². The number of ether oxygens (including phenoxy) is 1. The van der Waals surface area contributed by atoms with E-state index in [1.807, 2.05) is 55.1 Å². The van der Waals surface area contributed by atoms with Crippen molar-refractivity contribution >= 4 is 35.4 Å². The van der Waals surface area contributed by atoms with E-state index in [0.29, 0.717) is 43.3 Å². The van der Waals surface area contributed by atoms with Crippen LogP contribution in [-0.2, 0) is 37.6 Å². The van der Waals surface area contributed by atoms with Crippen LogP contribution in [0, 0.1) is 5.82 Å². The Labute approximate surface area is 317 Å². The Bertz CT molecular complexity index is 1790. The predicted octanol–water partition coefficient (Wildman–Crippen LogP) is 4.90. The number of quaternary nitrogens is 1. The van der Waals surface area contributed by atoms with Gasteiger partial charge in [0.15, 0.2) is 5.54 Å². The number of benzene rings is 3. The highest BCUT2D eigenvalue weighted by molar-refractivity contribution is 6.30. The summed E-state index contributed by atoms with van der Waals surface area (Å²) in [6.45, 7) is 13.7. The molecule has 0 bridgehead atoms. The van der Waals surface area contributed by atoms with Crippen molar-refractivity contribution in [2.24, 2.45) is 0 Å². The number of hydrogen-bond donors (Lipinski definition) is 2. The quantitative estimate of drug-likeness (QED) is 0.290. The summed E-state index contributed by atoms with van der Waals surface area (Å²) in [7, 11) is 0. The molecule has 2 aliphatic heterocycles. The summed E-state index contributed by atoms with van der Waals surface area (Å²) in [4.78, 5) is 61.6. The van der Waals surface area contributed by atoms with Crippen molar-refractivity contribution in [1.29, 1.82) is 0 Å². The number of hydrogen-bond acceptors (Lipinski definition) is 6. The van der Waals surface area contributed by atoms with Gasteiger partial charge in [0.1, 0.15) is 17.5 Å². The second kappa shape index (κ2) is 16.8. The van der Waals surface area contributed by atoms with Crippen LogP contribution in [0.15, 0.2) is 72.8 Å². The normalized spacial score (nSPS) is 17.9. The SMILES string of the molecule is CC[NH+](CC)C(=O)C(C)(c1ccccc1F)N1CCN(C(=O)[C@@H](Cc2ccc(Cl)cc2)NC(=O)CC2c3ccccc3CN2C(=O)OC(C)(C)C)CC1. The average molecular weight is 749 g/mol. The van der Waals surface area contributed by atoms with Crippen LogP contribution in [-0.4, -0.2) is 89.4 Å². The number of carbonyl (C=O) groups excluding carboxylic acids is 4. The van der Waals surface area contributed by atoms with Crippen LogP contribution < -0.4 is 10.2 Å². The summed E-state index contributed by atoms with van der Waals surface area (Å²) in [6.07, 6.45) is -0.359. The Morgan fingerprint density at radius 3 is 2.15 bits per heavy atom. The Kier molecular flexibility index (Phi) is 12.6. The molecule has 2 aliphatic rings. The smallest absolute Gasteiger partial charge is 0.411 e. The lowest BCUT2D eigenvalue weighted by atomic mass is 9.87. The Morgan fingerprint density at radius 1 is 0.906 bits per heavy atom. The molecule has 0 radical (unpaired) electrons. The van der Waals surface area contributed by atoms with Gasteiger partial charge in [-0.3, -0.25) is 24.3 Å². The summed E-state index contributed by atoms with van der Waals surface area (Å²) in [5, 5.41) is 3.56. The number of nitrogens with one attached hydrogen (secondary N) is 2. The van der Waals surface area contributed by atoms with E-state index in [-0.39, 0.29) is 43.7 Å². The van der Waals surface area contributed by atoms with Gasteiger partial charge >= 0.3 is 12.0 Å². The fourth-order valence-corrected chi connectivity index (χ4v) is 7.61. The van der Waals surface area contributed by atoms with E-state index in [4.69, 9.17) is 16.3 Å². The highest BCUT2D eigenvalue weighted by Gasteiger charge is 2.49. The molecule has 12 heteroatoms. The molecule has 1 saturated heterocycles. The summed E-state index contributed by atoms with van der Waals surface area (Å²) in [6, 6.07) is 19.7. The maximum absolute atomic E-state index is 15.4. The van der Waals surface area contributed by atoms with Gasteiger partial charge in [-0.05, 0) is 76.4 Å². The molecule has 2 unspecified atom stereocenters. The molecule has 0 aliphatic carbocycles. The maximum Gasteiger partial charge on any atom is 0.411 e. The second-order valence-corrected chi connectivity index (χ2v) is 15.4. The van der Waals surface area contributed by atoms with E-state index < -0.39 is 35.1 Å². The zero-order chi connectivity index (χ0) is 38.5. The third kappa shape index (κ3) is 9.08. The molecule has 10 nitrogen and oxygen atoms in total. The summed E-state index contributed by atoms with van der Waals surface area (Å²) >= 11 is 6.16. The number of halogens is 2. The van der Waals surface area contributed by atoms with Gasteiger partial charge < -0.3 is 15.0 Å². The van der Waals surface area contributed by atoms with Crippen LogP contribution in [0.2, 0.25) is 5.02 Å².